The standard InChI is InChI=1S/C16H18N2OS/c1-11-6-7-13(20-11)10-18-16(19)8-12-9-17-15-5-3-2-4-14(12)15/h2-7,12,17H,8-10H2,1H3,(H,18,19). The zero-order valence-corrected chi connectivity index (χ0v) is 12.3. The molecule has 4 heteroatoms. The largest absolute Gasteiger partial charge is 0.384 e. The van der Waals surface area contributed by atoms with Crippen LogP contribution in [0, 0.1) is 6.92 Å². The van der Waals surface area contributed by atoms with Crippen LogP contribution in [0.3, 0.4) is 0 Å². The number of carbonyl (C=O) groups excluding carboxylic acids is 1. The predicted molar refractivity (Wildman–Crippen MR) is 83.2 cm³/mol. The van der Waals surface area contributed by atoms with E-state index in [4.69, 9.17) is 0 Å². The second-order valence-corrected chi connectivity index (χ2v) is 6.53. The number of rotatable bonds is 4. The maximum Gasteiger partial charge on any atom is 0.220 e. The van der Waals surface area contributed by atoms with Crippen molar-refractivity contribution in [3.05, 3.63) is 51.7 Å². The fraction of sp³-hybridized carbons (Fsp3) is 0.312. The van der Waals surface area contributed by atoms with Gasteiger partial charge in [-0.25, -0.2) is 0 Å². The van der Waals surface area contributed by atoms with Crippen molar-refractivity contribution < 1.29 is 4.79 Å². The highest BCUT2D eigenvalue weighted by atomic mass is 32.1. The van der Waals surface area contributed by atoms with Gasteiger partial charge in [0, 0.05) is 34.3 Å². The molecule has 20 heavy (non-hydrogen) atoms. The molecule has 1 aromatic carbocycles. The summed E-state index contributed by atoms with van der Waals surface area (Å²) in [5, 5.41) is 6.37. The quantitative estimate of drug-likeness (QED) is 0.905. The van der Waals surface area contributed by atoms with Crippen molar-refractivity contribution in [2.75, 3.05) is 11.9 Å². The molecule has 1 aromatic heterocycles. The molecule has 0 bridgehead atoms. The van der Waals surface area contributed by atoms with E-state index < -0.39 is 0 Å². The van der Waals surface area contributed by atoms with E-state index in [0.29, 0.717) is 13.0 Å². The Labute approximate surface area is 123 Å². The number of anilines is 1. The van der Waals surface area contributed by atoms with Crippen molar-refractivity contribution in [2.45, 2.75) is 25.8 Å². The summed E-state index contributed by atoms with van der Waals surface area (Å²) in [6.45, 7) is 3.57. The van der Waals surface area contributed by atoms with Gasteiger partial charge in [-0.2, -0.15) is 0 Å². The van der Waals surface area contributed by atoms with Crippen LogP contribution in [0.4, 0.5) is 5.69 Å². The first-order valence-electron chi connectivity index (χ1n) is 6.87. The first-order valence-corrected chi connectivity index (χ1v) is 7.69. The SMILES string of the molecule is Cc1ccc(CNC(=O)CC2CNc3ccccc32)s1. The second kappa shape index (κ2) is 5.67. The maximum atomic E-state index is 12.1. The van der Waals surface area contributed by atoms with Gasteiger partial charge in [-0.1, -0.05) is 18.2 Å². The zero-order valence-electron chi connectivity index (χ0n) is 11.5. The average molecular weight is 286 g/mol. The van der Waals surface area contributed by atoms with E-state index >= 15 is 0 Å². The summed E-state index contributed by atoms with van der Waals surface area (Å²) in [5.41, 5.74) is 2.42. The first-order chi connectivity index (χ1) is 9.72. The van der Waals surface area contributed by atoms with E-state index in [1.807, 2.05) is 12.1 Å². The van der Waals surface area contributed by atoms with Crippen molar-refractivity contribution in [1.29, 1.82) is 0 Å². The molecule has 3 rings (SSSR count). The lowest BCUT2D eigenvalue weighted by molar-refractivity contribution is -0.121. The lowest BCUT2D eigenvalue weighted by Crippen LogP contribution is -2.24. The number of hydrogen-bond acceptors (Lipinski definition) is 3. The summed E-state index contributed by atoms with van der Waals surface area (Å²) in [7, 11) is 0. The molecule has 0 saturated carbocycles. The molecule has 0 fully saturated rings. The first kappa shape index (κ1) is 13.2. The van der Waals surface area contributed by atoms with Crippen LogP contribution >= 0.6 is 11.3 Å². The van der Waals surface area contributed by atoms with Gasteiger partial charge in [0.05, 0.1) is 6.54 Å². The Morgan fingerprint density at radius 2 is 2.20 bits per heavy atom. The van der Waals surface area contributed by atoms with Gasteiger partial charge in [-0.3, -0.25) is 4.79 Å². The second-order valence-electron chi connectivity index (χ2n) is 5.16. The minimum absolute atomic E-state index is 0.125. The summed E-state index contributed by atoms with van der Waals surface area (Å²) in [5.74, 6) is 0.413. The van der Waals surface area contributed by atoms with Gasteiger partial charge in [-0.05, 0) is 30.7 Å². The van der Waals surface area contributed by atoms with Crippen LogP contribution in [0.1, 0.15) is 27.7 Å². The molecule has 1 unspecified atom stereocenters. The fourth-order valence-electron chi connectivity index (χ4n) is 2.60. The Hall–Kier alpha value is -1.81. The van der Waals surface area contributed by atoms with Gasteiger partial charge >= 0.3 is 0 Å². The number of aryl methyl sites for hydroxylation is 1. The number of benzene rings is 1. The summed E-state index contributed by atoms with van der Waals surface area (Å²) < 4.78 is 0. The molecule has 0 radical (unpaired) electrons. The third kappa shape index (κ3) is 2.85. The Morgan fingerprint density at radius 1 is 1.35 bits per heavy atom. The molecule has 104 valence electrons. The minimum Gasteiger partial charge on any atom is -0.384 e. The molecule has 3 nitrogen and oxygen atoms in total. The zero-order chi connectivity index (χ0) is 13.9. The van der Waals surface area contributed by atoms with Crippen molar-refractivity contribution in [3.63, 3.8) is 0 Å². The van der Waals surface area contributed by atoms with Gasteiger partial charge in [-0.15, -0.1) is 11.3 Å². The molecule has 0 saturated heterocycles. The van der Waals surface area contributed by atoms with E-state index in [0.717, 1.165) is 6.54 Å². The highest BCUT2D eigenvalue weighted by Gasteiger charge is 2.23. The van der Waals surface area contributed by atoms with Crippen molar-refractivity contribution in [1.82, 2.24) is 5.32 Å². The molecule has 0 aliphatic carbocycles. The molecule has 2 aromatic rings. The number of fused-ring (bicyclic) bond motifs is 1. The third-order valence-corrected chi connectivity index (χ3v) is 4.63. The van der Waals surface area contributed by atoms with E-state index in [-0.39, 0.29) is 11.8 Å². The number of nitrogens with one attached hydrogen (secondary N) is 2. The Bertz CT molecular complexity index is 620. The number of amides is 1. The van der Waals surface area contributed by atoms with E-state index in [2.05, 4.69) is 41.8 Å². The van der Waals surface area contributed by atoms with Crippen LogP contribution in [-0.2, 0) is 11.3 Å². The smallest absolute Gasteiger partial charge is 0.220 e. The van der Waals surface area contributed by atoms with Crippen molar-refractivity contribution >= 4 is 22.9 Å². The van der Waals surface area contributed by atoms with Crippen LogP contribution in [0.2, 0.25) is 0 Å². The highest BCUT2D eigenvalue weighted by Crippen LogP contribution is 2.33. The molecule has 1 aliphatic heterocycles. The lowest BCUT2D eigenvalue weighted by Gasteiger charge is -2.10. The molecular formula is C16H18N2OS. The Morgan fingerprint density at radius 3 is 3.00 bits per heavy atom. The average Bonchev–Trinajstić information content (AvgIpc) is 3.04. The van der Waals surface area contributed by atoms with E-state index in [1.165, 1.54) is 21.0 Å². The summed E-state index contributed by atoms with van der Waals surface area (Å²) >= 11 is 1.73. The van der Waals surface area contributed by atoms with E-state index in [9.17, 15) is 4.79 Å². The van der Waals surface area contributed by atoms with Crippen molar-refractivity contribution in [3.8, 4) is 0 Å². The monoisotopic (exact) mass is 286 g/mol. The molecule has 1 aliphatic rings. The third-order valence-electron chi connectivity index (χ3n) is 3.63. The number of para-hydroxylation sites is 1. The van der Waals surface area contributed by atoms with Crippen LogP contribution in [0.25, 0.3) is 0 Å². The summed E-state index contributed by atoms with van der Waals surface area (Å²) in [4.78, 5) is 14.5. The fourth-order valence-corrected chi connectivity index (χ4v) is 3.43. The number of thiophene rings is 1. The van der Waals surface area contributed by atoms with Crippen LogP contribution in [0.15, 0.2) is 36.4 Å². The van der Waals surface area contributed by atoms with Gasteiger partial charge in [0.1, 0.15) is 0 Å². The van der Waals surface area contributed by atoms with Crippen molar-refractivity contribution in [2.24, 2.45) is 0 Å². The Kier molecular flexibility index (Phi) is 3.74. The minimum atomic E-state index is 0.125. The van der Waals surface area contributed by atoms with Gasteiger partial charge in [0.25, 0.3) is 0 Å². The molecular weight excluding hydrogens is 268 g/mol. The lowest BCUT2D eigenvalue weighted by atomic mass is 9.97. The molecule has 1 atom stereocenters. The van der Waals surface area contributed by atoms with E-state index in [1.54, 1.807) is 11.3 Å². The predicted octanol–water partition coefficient (Wildman–Crippen LogP) is 3.27. The van der Waals surface area contributed by atoms with Crippen LogP contribution in [0.5, 0.6) is 0 Å². The molecule has 1 amide bonds. The number of carbonyl (C=O) groups is 1. The molecule has 2 N–H and O–H groups in total. The summed E-state index contributed by atoms with van der Waals surface area (Å²) in [6.07, 6.45) is 0.550. The molecule has 0 spiro atoms. The highest BCUT2D eigenvalue weighted by molar-refractivity contribution is 7.11. The van der Waals surface area contributed by atoms with Crippen LogP contribution in [-0.4, -0.2) is 12.5 Å². The van der Waals surface area contributed by atoms with Gasteiger partial charge in [0.15, 0.2) is 0 Å². The normalized spacial score (nSPS) is 16.6. The van der Waals surface area contributed by atoms with Gasteiger partial charge < -0.3 is 10.6 Å². The van der Waals surface area contributed by atoms with Gasteiger partial charge in [0.2, 0.25) is 5.91 Å². The summed E-state index contributed by atoms with van der Waals surface area (Å²) in [6, 6.07) is 12.4. The topological polar surface area (TPSA) is 41.1 Å². The maximum absolute atomic E-state index is 12.1. The molecule has 2 heterocycles. The van der Waals surface area contributed by atoms with Crippen LogP contribution < -0.4 is 10.6 Å². The Balaban J connectivity index is 1.55. The number of hydrogen-bond donors (Lipinski definition) is 2.